The molecule has 0 fully saturated rings. The second kappa shape index (κ2) is 4.00. The molecule has 56 valence electrons. The third-order valence-electron chi connectivity index (χ3n) is 1.37. The molecule has 0 aliphatic heterocycles. The molecule has 0 aromatic heterocycles. The molecule has 0 aliphatic rings. The minimum atomic E-state index is -0.772. The van der Waals surface area contributed by atoms with Gasteiger partial charge in [0.2, 0.25) is 0 Å². The molecule has 0 rings (SSSR count). The number of rotatable bonds is 4. The Kier molecular flexibility index (Phi) is 4.04. The van der Waals surface area contributed by atoms with Gasteiger partial charge in [-0.25, -0.2) is 0 Å². The van der Waals surface area contributed by atoms with E-state index >= 15 is 0 Å². The average Bonchev–Trinajstić information content (AvgIpc) is 1.95. The topological polar surface area (TPSA) is 27.7 Å². The van der Waals surface area contributed by atoms with Crippen molar-refractivity contribution >= 4 is 10.2 Å². The van der Waals surface area contributed by atoms with E-state index in [4.69, 9.17) is 14.2 Å². The summed E-state index contributed by atoms with van der Waals surface area (Å²) >= 11 is 0. The molecule has 0 saturated heterocycles. The number of hydrogen-bond acceptors (Lipinski definition) is 3. The molecule has 4 heteroatoms. The molecule has 0 spiro atoms. The highest BCUT2D eigenvalue weighted by atomic mass is 28.1. The van der Waals surface area contributed by atoms with Crippen LogP contribution in [0.4, 0.5) is 0 Å². The SMILES string of the molecule is COC(C[SiH3])(OC)OC. The molecule has 0 unspecified atom stereocenters. The van der Waals surface area contributed by atoms with E-state index in [1.807, 2.05) is 0 Å². The van der Waals surface area contributed by atoms with Gasteiger partial charge in [0.1, 0.15) is 0 Å². The maximum Gasteiger partial charge on any atom is 0.278 e. The first kappa shape index (κ1) is 9.10. The highest BCUT2D eigenvalue weighted by Gasteiger charge is 2.25. The summed E-state index contributed by atoms with van der Waals surface area (Å²) in [7, 11) is 5.72. The maximum atomic E-state index is 4.98. The fourth-order valence-corrected chi connectivity index (χ4v) is 1.55. The first-order valence-corrected chi connectivity index (χ1v) is 4.31. The summed E-state index contributed by atoms with van der Waals surface area (Å²) in [6.45, 7) is 0. The lowest BCUT2D eigenvalue weighted by Crippen LogP contribution is -2.35. The molecule has 0 radical (unpaired) electrons. The third-order valence-corrected chi connectivity index (χ3v) is 2.23. The largest absolute Gasteiger partial charge is 0.331 e. The fourth-order valence-electron chi connectivity index (χ4n) is 0.683. The van der Waals surface area contributed by atoms with Gasteiger partial charge >= 0.3 is 0 Å². The minimum absolute atomic E-state index is 0.772. The number of methoxy groups -OCH3 is 3. The molecule has 3 nitrogen and oxygen atoms in total. The van der Waals surface area contributed by atoms with Gasteiger partial charge in [-0.3, -0.25) is 0 Å². The Bertz CT molecular complexity index is 55.1. The van der Waals surface area contributed by atoms with E-state index in [0.29, 0.717) is 0 Å². The molecule has 0 aromatic rings. The van der Waals surface area contributed by atoms with Crippen LogP contribution in [-0.4, -0.2) is 37.5 Å². The Morgan fingerprint density at radius 2 is 1.44 bits per heavy atom. The van der Waals surface area contributed by atoms with Crippen LogP contribution in [0.2, 0.25) is 6.04 Å². The lowest BCUT2D eigenvalue weighted by atomic mass is 10.6. The third kappa shape index (κ3) is 2.06. The average molecular weight is 150 g/mol. The summed E-state index contributed by atoms with van der Waals surface area (Å²) in [5, 5.41) is 0. The van der Waals surface area contributed by atoms with Gasteiger partial charge in [-0.1, -0.05) is 0 Å². The van der Waals surface area contributed by atoms with Gasteiger partial charge in [-0.05, 0) is 0 Å². The van der Waals surface area contributed by atoms with Crippen LogP contribution in [0.5, 0.6) is 0 Å². The molecule has 0 atom stereocenters. The Morgan fingerprint density at radius 3 is 1.44 bits per heavy atom. The van der Waals surface area contributed by atoms with E-state index in [1.165, 1.54) is 0 Å². The predicted molar refractivity (Wildman–Crippen MR) is 38.5 cm³/mol. The Labute approximate surface area is 58.7 Å². The van der Waals surface area contributed by atoms with Crippen molar-refractivity contribution in [3.8, 4) is 0 Å². The van der Waals surface area contributed by atoms with Crippen LogP contribution in [-0.2, 0) is 14.2 Å². The first-order chi connectivity index (χ1) is 4.24. The molecule has 0 N–H and O–H groups in total. The Balaban J connectivity index is 3.82. The van der Waals surface area contributed by atoms with Crippen LogP contribution in [0.15, 0.2) is 0 Å². The lowest BCUT2D eigenvalue weighted by molar-refractivity contribution is -0.339. The van der Waals surface area contributed by atoms with Crippen LogP contribution >= 0.6 is 0 Å². The molecule has 0 saturated carbocycles. The van der Waals surface area contributed by atoms with Crippen LogP contribution in [0, 0.1) is 0 Å². The van der Waals surface area contributed by atoms with Gasteiger partial charge in [0.25, 0.3) is 5.97 Å². The summed E-state index contributed by atoms with van der Waals surface area (Å²) in [5.41, 5.74) is 0. The van der Waals surface area contributed by atoms with Crippen molar-refractivity contribution in [2.45, 2.75) is 12.0 Å². The highest BCUT2D eigenvalue weighted by molar-refractivity contribution is 6.09. The van der Waals surface area contributed by atoms with Gasteiger partial charge in [-0.15, -0.1) is 0 Å². The fraction of sp³-hybridized carbons (Fsp3) is 1.00. The molecule has 0 amide bonds. The van der Waals surface area contributed by atoms with E-state index < -0.39 is 5.97 Å². The smallest absolute Gasteiger partial charge is 0.278 e. The van der Waals surface area contributed by atoms with E-state index in [-0.39, 0.29) is 0 Å². The summed E-state index contributed by atoms with van der Waals surface area (Å²) in [5.74, 6) is -0.772. The quantitative estimate of drug-likeness (QED) is 0.394. The van der Waals surface area contributed by atoms with Crippen LogP contribution < -0.4 is 0 Å². The van der Waals surface area contributed by atoms with Crippen molar-refractivity contribution in [3.05, 3.63) is 0 Å². The van der Waals surface area contributed by atoms with Crippen molar-refractivity contribution in [3.63, 3.8) is 0 Å². The zero-order valence-electron chi connectivity index (χ0n) is 6.43. The summed E-state index contributed by atoms with van der Waals surface area (Å²) in [6.07, 6.45) is 0. The first-order valence-electron chi connectivity index (χ1n) is 2.90. The minimum Gasteiger partial charge on any atom is -0.331 e. The summed E-state index contributed by atoms with van der Waals surface area (Å²) < 4.78 is 14.9. The van der Waals surface area contributed by atoms with Crippen molar-refractivity contribution < 1.29 is 14.2 Å². The monoisotopic (exact) mass is 150 g/mol. The van der Waals surface area contributed by atoms with E-state index in [0.717, 1.165) is 16.3 Å². The van der Waals surface area contributed by atoms with Crippen molar-refractivity contribution in [2.75, 3.05) is 21.3 Å². The molecule has 0 aliphatic carbocycles. The van der Waals surface area contributed by atoms with Crippen molar-refractivity contribution in [2.24, 2.45) is 0 Å². The van der Waals surface area contributed by atoms with E-state index in [9.17, 15) is 0 Å². The molecular formula is C5H14O3Si. The van der Waals surface area contributed by atoms with E-state index in [2.05, 4.69) is 0 Å². The summed E-state index contributed by atoms with van der Waals surface area (Å²) in [4.78, 5) is 0. The van der Waals surface area contributed by atoms with Gasteiger partial charge < -0.3 is 14.2 Å². The predicted octanol–water partition coefficient (Wildman–Crippen LogP) is -0.637. The van der Waals surface area contributed by atoms with Gasteiger partial charge in [0.05, 0.1) is 0 Å². The second-order valence-corrected chi connectivity index (χ2v) is 2.36. The standard InChI is InChI=1S/C5H14O3Si/c1-6-5(4-9,7-2)8-3/h4H2,1-3,9H3. The molecule has 9 heavy (non-hydrogen) atoms. The molecule has 0 aromatic carbocycles. The van der Waals surface area contributed by atoms with Gasteiger partial charge in [0, 0.05) is 37.6 Å². The normalized spacial score (nSPS) is 12.3. The van der Waals surface area contributed by atoms with Crippen molar-refractivity contribution in [1.82, 2.24) is 0 Å². The Morgan fingerprint density at radius 1 is 1.11 bits per heavy atom. The van der Waals surface area contributed by atoms with Gasteiger partial charge in [-0.2, -0.15) is 0 Å². The zero-order chi connectivity index (χ0) is 7.33. The van der Waals surface area contributed by atoms with Crippen LogP contribution in [0.25, 0.3) is 0 Å². The zero-order valence-corrected chi connectivity index (χ0v) is 8.43. The summed E-state index contributed by atoms with van der Waals surface area (Å²) in [6, 6.07) is 0.816. The van der Waals surface area contributed by atoms with Crippen LogP contribution in [0.3, 0.4) is 0 Å². The molecular weight excluding hydrogens is 136 g/mol. The maximum absolute atomic E-state index is 4.98. The van der Waals surface area contributed by atoms with Crippen LogP contribution in [0.1, 0.15) is 0 Å². The highest BCUT2D eigenvalue weighted by Crippen LogP contribution is 2.14. The number of hydrogen-bond donors (Lipinski definition) is 0. The Hall–Kier alpha value is 0.0969. The lowest BCUT2D eigenvalue weighted by Gasteiger charge is -2.26. The molecule has 0 heterocycles. The number of ether oxygens (including phenoxy) is 3. The van der Waals surface area contributed by atoms with Crippen molar-refractivity contribution in [1.29, 1.82) is 0 Å². The second-order valence-electron chi connectivity index (χ2n) is 1.65. The van der Waals surface area contributed by atoms with E-state index in [1.54, 1.807) is 21.3 Å². The van der Waals surface area contributed by atoms with Gasteiger partial charge in [0.15, 0.2) is 0 Å². The molecule has 0 bridgehead atoms.